The maximum Gasteiger partial charge on any atom is 0.274 e. The molecule has 1 aromatic heterocycles. The number of nitrogens with zero attached hydrogens (tertiary/aromatic N) is 3. The number of likely N-dealkylation sites (tertiary alicyclic amines) is 1. The number of anilines is 1. The van der Waals surface area contributed by atoms with Gasteiger partial charge in [-0.1, -0.05) is 36.4 Å². The molecule has 2 amide bonds. The SMILES string of the molecule is Cn1nc(CC(=O)N2CCC(C(=O)Nc3ccccc3)CC2)c2ccccc2c1=O. The molecule has 1 fully saturated rings. The number of nitrogens with one attached hydrogen (secondary N) is 1. The summed E-state index contributed by atoms with van der Waals surface area (Å²) >= 11 is 0. The predicted octanol–water partition coefficient (Wildman–Crippen LogP) is 2.35. The number of fused-ring (bicyclic) bond motifs is 1. The van der Waals surface area contributed by atoms with Crippen LogP contribution in [0.25, 0.3) is 10.8 Å². The average Bonchev–Trinajstić information content (AvgIpc) is 2.78. The van der Waals surface area contributed by atoms with Crippen LogP contribution in [0.5, 0.6) is 0 Å². The van der Waals surface area contributed by atoms with Crippen LogP contribution in [0.1, 0.15) is 18.5 Å². The number of carbonyl (C=O) groups excluding carboxylic acids is 2. The highest BCUT2D eigenvalue weighted by atomic mass is 16.2. The zero-order chi connectivity index (χ0) is 21.1. The summed E-state index contributed by atoms with van der Waals surface area (Å²) in [5, 5.41) is 8.54. The van der Waals surface area contributed by atoms with Crippen molar-refractivity contribution >= 4 is 28.3 Å². The van der Waals surface area contributed by atoms with Gasteiger partial charge in [0.15, 0.2) is 0 Å². The van der Waals surface area contributed by atoms with Crippen molar-refractivity contribution in [1.29, 1.82) is 0 Å². The van der Waals surface area contributed by atoms with Crippen molar-refractivity contribution in [3.05, 3.63) is 70.6 Å². The molecule has 7 heteroatoms. The smallest absolute Gasteiger partial charge is 0.274 e. The average molecular weight is 404 g/mol. The molecule has 7 nitrogen and oxygen atoms in total. The summed E-state index contributed by atoms with van der Waals surface area (Å²) in [7, 11) is 1.60. The maximum atomic E-state index is 12.9. The Hall–Kier alpha value is -3.48. The molecule has 2 aromatic carbocycles. The zero-order valence-electron chi connectivity index (χ0n) is 16.9. The first kappa shape index (κ1) is 19.8. The fraction of sp³-hybridized carbons (Fsp3) is 0.304. The first-order valence-electron chi connectivity index (χ1n) is 10.1. The Bertz CT molecular complexity index is 1130. The molecule has 0 unspecified atom stereocenters. The summed E-state index contributed by atoms with van der Waals surface area (Å²) in [5.41, 5.74) is 1.21. The third kappa shape index (κ3) is 4.10. The Balaban J connectivity index is 1.40. The lowest BCUT2D eigenvalue weighted by atomic mass is 9.95. The van der Waals surface area contributed by atoms with E-state index in [0.717, 1.165) is 5.69 Å². The van der Waals surface area contributed by atoms with E-state index < -0.39 is 0 Å². The number of aromatic nitrogens is 2. The van der Waals surface area contributed by atoms with E-state index in [1.165, 1.54) is 4.68 Å². The minimum Gasteiger partial charge on any atom is -0.342 e. The molecule has 4 rings (SSSR count). The van der Waals surface area contributed by atoms with Crippen molar-refractivity contribution in [2.45, 2.75) is 19.3 Å². The molecule has 0 spiro atoms. The van der Waals surface area contributed by atoms with Gasteiger partial charge < -0.3 is 10.2 Å². The lowest BCUT2D eigenvalue weighted by Crippen LogP contribution is -2.42. The van der Waals surface area contributed by atoms with Crippen molar-refractivity contribution < 1.29 is 9.59 Å². The molecule has 0 atom stereocenters. The van der Waals surface area contributed by atoms with Crippen LogP contribution in [0.4, 0.5) is 5.69 Å². The van der Waals surface area contributed by atoms with Gasteiger partial charge in [-0.3, -0.25) is 14.4 Å². The molecule has 1 aliphatic rings. The maximum absolute atomic E-state index is 12.9. The fourth-order valence-electron chi connectivity index (χ4n) is 3.92. The number of para-hydroxylation sites is 1. The molecule has 30 heavy (non-hydrogen) atoms. The molecule has 1 aliphatic heterocycles. The number of aryl methyl sites for hydroxylation is 1. The highest BCUT2D eigenvalue weighted by molar-refractivity contribution is 5.93. The van der Waals surface area contributed by atoms with Gasteiger partial charge >= 0.3 is 0 Å². The zero-order valence-corrected chi connectivity index (χ0v) is 16.9. The van der Waals surface area contributed by atoms with Crippen LogP contribution in [0, 0.1) is 5.92 Å². The van der Waals surface area contributed by atoms with Crippen LogP contribution in [0.2, 0.25) is 0 Å². The lowest BCUT2D eigenvalue weighted by Gasteiger charge is -2.31. The van der Waals surface area contributed by atoms with Gasteiger partial charge in [0.2, 0.25) is 11.8 Å². The van der Waals surface area contributed by atoms with Gasteiger partial charge in [-0.05, 0) is 31.0 Å². The van der Waals surface area contributed by atoms with Gasteiger partial charge in [0.1, 0.15) is 0 Å². The second kappa shape index (κ2) is 8.49. The Kier molecular flexibility index (Phi) is 5.61. The molecule has 0 saturated carbocycles. The van der Waals surface area contributed by atoms with Crippen molar-refractivity contribution in [3.63, 3.8) is 0 Å². The molecule has 0 radical (unpaired) electrons. The van der Waals surface area contributed by atoms with Gasteiger partial charge in [-0.2, -0.15) is 5.10 Å². The summed E-state index contributed by atoms with van der Waals surface area (Å²) in [6.07, 6.45) is 1.40. The van der Waals surface area contributed by atoms with Gasteiger partial charge in [0.25, 0.3) is 5.56 Å². The molecule has 1 N–H and O–H groups in total. The van der Waals surface area contributed by atoms with Crippen LogP contribution in [0.15, 0.2) is 59.4 Å². The first-order valence-corrected chi connectivity index (χ1v) is 10.1. The number of amides is 2. The second-order valence-electron chi connectivity index (χ2n) is 7.61. The van der Waals surface area contributed by atoms with Gasteiger partial charge in [-0.25, -0.2) is 4.68 Å². The minimum absolute atomic E-state index is 0.000908. The molecule has 154 valence electrons. The number of carbonyl (C=O) groups is 2. The Morgan fingerprint density at radius 1 is 1.00 bits per heavy atom. The Labute approximate surface area is 174 Å². The van der Waals surface area contributed by atoms with E-state index >= 15 is 0 Å². The highest BCUT2D eigenvalue weighted by Crippen LogP contribution is 2.21. The van der Waals surface area contributed by atoms with Crippen molar-refractivity contribution in [2.24, 2.45) is 13.0 Å². The number of hydrogen-bond acceptors (Lipinski definition) is 4. The topological polar surface area (TPSA) is 84.3 Å². The molecule has 1 saturated heterocycles. The summed E-state index contributed by atoms with van der Waals surface area (Å²) in [4.78, 5) is 39.4. The number of hydrogen-bond donors (Lipinski definition) is 1. The molecule has 0 aliphatic carbocycles. The summed E-state index contributed by atoms with van der Waals surface area (Å²) < 4.78 is 1.28. The third-order valence-corrected chi connectivity index (χ3v) is 5.61. The van der Waals surface area contributed by atoms with E-state index in [0.29, 0.717) is 42.4 Å². The molecule has 2 heterocycles. The van der Waals surface area contributed by atoms with Gasteiger partial charge in [0.05, 0.1) is 17.5 Å². The first-order chi connectivity index (χ1) is 14.5. The summed E-state index contributed by atoms with van der Waals surface area (Å²) in [6, 6.07) is 16.6. The lowest BCUT2D eigenvalue weighted by molar-refractivity contribution is -0.133. The van der Waals surface area contributed by atoms with Gasteiger partial charge in [0, 0.05) is 37.1 Å². The van der Waals surface area contributed by atoms with Crippen LogP contribution in [-0.4, -0.2) is 39.6 Å². The van der Waals surface area contributed by atoms with Crippen LogP contribution < -0.4 is 10.9 Å². The van der Waals surface area contributed by atoms with E-state index in [1.54, 1.807) is 24.1 Å². The second-order valence-corrected chi connectivity index (χ2v) is 7.61. The molecule has 3 aromatic rings. The van der Waals surface area contributed by atoms with Crippen molar-refractivity contribution in [3.8, 4) is 0 Å². The molecular formula is C23H24N4O3. The molecule has 0 bridgehead atoms. The number of benzene rings is 2. The summed E-state index contributed by atoms with van der Waals surface area (Å²) in [6.45, 7) is 1.07. The largest absolute Gasteiger partial charge is 0.342 e. The highest BCUT2D eigenvalue weighted by Gasteiger charge is 2.28. The minimum atomic E-state index is -0.174. The fourth-order valence-corrected chi connectivity index (χ4v) is 3.92. The van der Waals surface area contributed by atoms with Crippen molar-refractivity contribution in [2.75, 3.05) is 18.4 Å². The number of piperidine rings is 1. The van der Waals surface area contributed by atoms with Gasteiger partial charge in [-0.15, -0.1) is 0 Å². The summed E-state index contributed by atoms with van der Waals surface area (Å²) in [5.74, 6) is -0.141. The Morgan fingerprint density at radius 2 is 1.63 bits per heavy atom. The van der Waals surface area contributed by atoms with E-state index in [9.17, 15) is 14.4 Å². The quantitative estimate of drug-likeness (QED) is 0.724. The third-order valence-electron chi connectivity index (χ3n) is 5.61. The van der Waals surface area contributed by atoms with Crippen LogP contribution >= 0.6 is 0 Å². The number of rotatable bonds is 4. The Morgan fingerprint density at radius 3 is 2.33 bits per heavy atom. The normalized spacial score (nSPS) is 14.6. The van der Waals surface area contributed by atoms with E-state index in [2.05, 4.69) is 10.4 Å². The van der Waals surface area contributed by atoms with E-state index in [-0.39, 0.29) is 29.7 Å². The van der Waals surface area contributed by atoms with Crippen LogP contribution in [0.3, 0.4) is 0 Å². The molecular weight excluding hydrogens is 380 g/mol. The van der Waals surface area contributed by atoms with E-state index in [1.807, 2.05) is 42.5 Å². The van der Waals surface area contributed by atoms with Crippen molar-refractivity contribution in [1.82, 2.24) is 14.7 Å². The van der Waals surface area contributed by atoms with E-state index in [4.69, 9.17) is 0 Å². The van der Waals surface area contributed by atoms with Crippen LogP contribution in [-0.2, 0) is 23.1 Å². The predicted molar refractivity (Wildman–Crippen MR) is 115 cm³/mol. The monoisotopic (exact) mass is 404 g/mol. The standard InChI is InChI=1S/C23H24N4O3/c1-26-23(30)19-10-6-5-9-18(19)20(25-26)15-21(28)27-13-11-16(12-14-27)22(29)24-17-7-3-2-4-8-17/h2-10,16H,11-15H2,1H3,(H,24,29).